The van der Waals surface area contributed by atoms with E-state index in [1.165, 1.54) is 37.3 Å². The second kappa shape index (κ2) is 8.27. The van der Waals surface area contributed by atoms with Crippen LogP contribution in [0.15, 0.2) is 70.6 Å². The molecule has 0 spiro atoms. The number of anilines is 1. The van der Waals surface area contributed by atoms with Gasteiger partial charge in [0, 0.05) is 11.3 Å². The minimum Gasteiger partial charge on any atom is -0.280 e. The average Bonchev–Trinajstić information content (AvgIpc) is 2.73. The quantitative estimate of drug-likeness (QED) is 0.587. The minimum atomic E-state index is -4.68. The molecule has 0 aliphatic heterocycles. The predicted molar refractivity (Wildman–Crippen MR) is 107 cm³/mol. The third kappa shape index (κ3) is 5.20. The first-order chi connectivity index (χ1) is 14.4. The van der Waals surface area contributed by atoms with E-state index in [-0.39, 0.29) is 22.2 Å². The maximum absolute atomic E-state index is 12.9. The van der Waals surface area contributed by atoms with Crippen molar-refractivity contribution in [2.45, 2.75) is 23.0 Å². The lowest BCUT2D eigenvalue weighted by Gasteiger charge is -2.12. The molecule has 0 bridgehead atoms. The molecule has 12 heteroatoms. The number of aromatic nitrogens is 2. The number of nitrogens with one attached hydrogen (secondary N) is 1. The maximum Gasteiger partial charge on any atom is 0.416 e. The van der Waals surface area contributed by atoms with Crippen molar-refractivity contribution in [2.24, 2.45) is 0 Å². The molecule has 3 aromatic rings. The van der Waals surface area contributed by atoms with E-state index in [9.17, 15) is 30.0 Å². The van der Waals surface area contributed by atoms with Crippen LogP contribution in [0.1, 0.15) is 12.5 Å². The largest absolute Gasteiger partial charge is 0.416 e. The Morgan fingerprint density at radius 2 is 1.61 bits per heavy atom. The summed E-state index contributed by atoms with van der Waals surface area (Å²) in [5.74, 6) is -0.131. The summed E-state index contributed by atoms with van der Waals surface area (Å²) in [6.07, 6.45) is -4.68. The molecule has 0 saturated heterocycles. The second-order valence-electron chi connectivity index (χ2n) is 6.37. The summed E-state index contributed by atoms with van der Waals surface area (Å²) < 4.78 is 89.6. The van der Waals surface area contributed by atoms with Crippen molar-refractivity contribution in [1.29, 1.82) is 0 Å². The summed E-state index contributed by atoms with van der Waals surface area (Å²) in [6.45, 7) is 1.48. The predicted octanol–water partition coefficient (Wildman–Crippen LogP) is 3.76. The molecule has 0 amide bonds. The van der Waals surface area contributed by atoms with Crippen LogP contribution in [-0.2, 0) is 26.0 Å². The van der Waals surface area contributed by atoms with Gasteiger partial charge < -0.3 is 0 Å². The third-order valence-electron chi connectivity index (χ3n) is 4.22. The molecule has 1 heterocycles. The summed E-state index contributed by atoms with van der Waals surface area (Å²) in [6, 6.07) is 12.0. The highest BCUT2D eigenvalue weighted by molar-refractivity contribution is 7.92. The van der Waals surface area contributed by atoms with Gasteiger partial charge in [-0.05, 0) is 42.5 Å². The van der Waals surface area contributed by atoms with Gasteiger partial charge in [0.2, 0.25) is 0 Å². The zero-order valence-corrected chi connectivity index (χ0v) is 17.6. The van der Waals surface area contributed by atoms with Gasteiger partial charge >= 0.3 is 6.18 Å². The zero-order valence-electron chi connectivity index (χ0n) is 16.0. The van der Waals surface area contributed by atoms with Gasteiger partial charge in [0.1, 0.15) is 0 Å². The Morgan fingerprint density at radius 3 is 2.23 bits per heavy atom. The molecule has 1 aromatic heterocycles. The molecular weight excluding hydrogens is 455 g/mol. The first-order valence-electron chi connectivity index (χ1n) is 8.79. The topological polar surface area (TPSA) is 106 Å². The van der Waals surface area contributed by atoms with E-state index >= 15 is 0 Å². The van der Waals surface area contributed by atoms with Gasteiger partial charge in [-0.1, -0.05) is 25.1 Å². The van der Waals surface area contributed by atoms with E-state index in [1.807, 2.05) is 0 Å². The number of sulfonamides is 1. The molecule has 164 valence electrons. The van der Waals surface area contributed by atoms with Crippen molar-refractivity contribution in [3.05, 3.63) is 66.2 Å². The van der Waals surface area contributed by atoms with E-state index in [1.54, 1.807) is 6.07 Å². The van der Waals surface area contributed by atoms with E-state index in [4.69, 9.17) is 0 Å². The molecule has 0 saturated carbocycles. The van der Waals surface area contributed by atoms with Crippen LogP contribution in [-0.4, -0.2) is 32.8 Å². The first-order valence-corrected chi connectivity index (χ1v) is 11.9. The Kier molecular flexibility index (Phi) is 6.05. The lowest BCUT2D eigenvalue weighted by molar-refractivity contribution is -0.137. The molecule has 0 aliphatic carbocycles. The Balaban J connectivity index is 1.89. The molecule has 2 aromatic carbocycles. The molecular formula is C19H16F3N3O4S2. The van der Waals surface area contributed by atoms with Crippen LogP contribution in [0.5, 0.6) is 0 Å². The fourth-order valence-electron chi connectivity index (χ4n) is 2.58. The number of rotatable bonds is 6. The van der Waals surface area contributed by atoms with Crippen LogP contribution in [0, 0.1) is 0 Å². The Morgan fingerprint density at radius 1 is 0.903 bits per heavy atom. The molecule has 3 rings (SSSR count). The third-order valence-corrected chi connectivity index (χ3v) is 7.22. The van der Waals surface area contributed by atoms with Gasteiger partial charge in [-0.25, -0.2) is 16.8 Å². The van der Waals surface area contributed by atoms with Gasteiger partial charge in [0.05, 0.1) is 21.9 Å². The van der Waals surface area contributed by atoms with Gasteiger partial charge in [-0.3, -0.25) is 4.72 Å². The molecule has 0 fully saturated rings. The molecule has 7 nitrogen and oxygen atoms in total. The Bertz CT molecular complexity index is 1310. The lowest BCUT2D eigenvalue weighted by atomic mass is 10.1. The fourth-order valence-corrected chi connectivity index (χ4v) is 4.41. The summed E-state index contributed by atoms with van der Waals surface area (Å²) >= 11 is 0. The van der Waals surface area contributed by atoms with E-state index < -0.39 is 36.5 Å². The standard InChI is InChI=1S/C19H16F3N3O4S2/c1-2-30(26,27)18-10-9-17(23-24-18)13-5-3-7-15(11-13)25-31(28,29)16-8-4-6-14(12-16)19(20,21)22/h3-12,25H,2H2,1H3. The average molecular weight is 471 g/mol. The number of hydrogen-bond acceptors (Lipinski definition) is 6. The highest BCUT2D eigenvalue weighted by Crippen LogP contribution is 2.31. The van der Waals surface area contributed by atoms with Crippen LogP contribution >= 0.6 is 0 Å². The fraction of sp³-hybridized carbons (Fsp3) is 0.158. The minimum absolute atomic E-state index is 0.0852. The molecule has 0 radical (unpaired) electrons. The summed E-state index contributed by atoms with van der Waals surface area (Å²) in [4.78, 5) is -0.540. The summed E-state index contributed by atoms with van der Waals surface area (Å²) in [5, 5.41) is 7.38. The van der Waals surface area contributed by atoms with Crippen molar-refractivity contribution >= 4 is 25.5 Å². The van der Waals surface area contributed by atoms with E-state index in [0.29, 0.717) is 11.6 Å². The van der Waals surface area contributed by atoms with Gasteiger partial charge in [-0.2, -0.15) is 13.2 Å². The molecule has 0 aliphatic rings. The lowest BCUT2D eigenvalue weighted by Crippen LogP contribution is -2.14. The number of benzene rings is 2. The number of sulfone groups is 1. The molecule has 1 N–H and O–H groups in total. The van der Waals surface area contributed by atoms with E-state index in [0.717, 1.165) is 18.2 Å². The van der Waals surface area contributed by atoms with Crippen LogP contribution in [0.3, 0.4) is 0 Å². The van der Waals surface area contributed by atoms with Crippen LogP contribution in [0.25, 0.3) is 11.3 Å². The number of alkyl halides is 3. The zero-order chi connectivity index (χ0) is 22.9. The molecule has 0 unspecified atom stereocenters. The monoisotopic (exact) mass is 471 g/mol. The number of halogens is 3. The first kappa shape index (κ1) is 22.7. The van der Waals surface area contributed by atoms with Crippen molar-refractivity contribution < 1.29 is 30.0 Å². The van der Waals surface area contributed by atoms with Gasteiger partial charge in [-0.15, -0.1) is 10.2 Å². The molecule has 0 atom stereocenters. The van der Waals surface area contributed by atoms with Gasteiger partial charge in [0.25, 0.3) is 10.0 Å². The molecule has 31 heavy (non-hydrogen) atoms. The SMILES string of the molecule is CCS(=O)(=O)c1ccc(-c2cccc(NS(=O)(=O)c3cccc(C(F)(F)F)c3)c2)nn1. The van der Waals surface area contributed by atoms with Crippen molar-refractivity contribution in [3.8, 4) is 11.3 Å². The second-order valence-corrected chi connectivity index (χ2v) is 10.3. The van der Waals surface area contributed by atoms with Crippen LogP contribution < -0.4 is 4.72 Å². The number of hydrogen-bond donors (Lipinski definition) is 1. The number of nitrogens with zero attached hydrogens (tertiary/aromatic N) is 2. The van der Waals surface area contributed by atoms with Gasteiger partial charge in [0.15, 0.2) is 14.9 Å². The smallest absolute Gasteiger partial charge is 0.280 e. The van der Waals surface area contributed by atoms with Crippen molar-refractivity contribution in [3.63, 3.8) is 0 Å². The van der Waals surface area contributed by atoms with Crippen LogP contribution in [0.2, 0.25) is 0 Å². The normalized spacial score (nSPS) is 12.5. The Labute approximate surface area is 176 Å². The van der Waals surface area contributed by atoms with Crippen molar-refractivity contribution in [2.75, 3.05) is 10.5 Å². The van der Waals surface area contributed by atoms with Crippen molar-refractivity contribution in [1.82, 2.24) is 10.2 Å². The van der Waals surface area contributed by atoms with E-state index in [2.05, 4.69) is 14.9 Å². The highest BCUT2D eigenvalue weighted by Gasteiger charge is 2.31. The maximum atomic E-state index is 12.9. The highest BCUT2D eigenvalue weighted by atomic mass is 32.2. The van der Waals surface area contributed by atoms with Crippen LogP contribution in [0.4, 0.5) is 18.9 Å². The summed E-state index contributed by atoms with van der Waals surface area (Å²) in [7, 11) is -7.81. The summed E-state index contributed by atoms with van der Waals surface area (Å²) in [5.41, 5.74) is -0.282. The Hall–Kier alpha value is -2.99.